The Morgan fingerprint density at radius 3 is 2.90 bits per heavy atom. The van der Waals surface area contributed by atoms with E-state index in [2.05, 4.69) is 20.6 Å². The minimum absolute atomic E-state index is 0.190. The molecule has 0 saturated heterocycles. The molecular formula is C13H23F2N5O. The predicted molar refractivity (Wildman–Crippen MR) is 77.4 cm³/mol. The van der Waals surface area contributed by atoms with E-state index in [1.165, 1.54) is 12.4 Å². The molecule has 0 bridgehead atoms. The second-order valence-electron chi connectivity index (χ2n) is 4.28. The van der Waals surface area contributed by atoms with Gasteiger partial charge in [-0.15, -0.1) is 0 Å². The smallest absolute Gasteiger partial charge is 0.319 e. The van der Waals surface area contributed by atoms with E-state index in [4.69, 9.17) is 4.74 Å². The molecule has 21 heavy (non-hydrogen) atoms. The molecule has 8 heteroatoms. The van der Waals surface area contributed by atoms with Crippen LogP contribution in [0, 0.1) is 0 Å². The lowest BCUT2D eigenvalue weighted by Crippen LogP contribution is -2.38. The first kappa shape index (κ1) is 17.4. The van der Waals surface area contributed by atoms with Crippen molar-refractivity contribution in [1.82, 2.24) is 20.2 Å². The highest BCUT2D eigenvalue weighted by atomic mass is 19.3. The fraction of sp³-hybridized carbons (Fsp3) is 0.692. The molecule has 0 aliphatic carbocycles. The maximum Gasteiger partial charge on any atom is 0.319 e. The molecule has 0 atom stereocenters. The fourth-order valence-corrected chi connectivity index (χ4v) is 1.72. The number of hydrogen-bond acceptors (Lipinski definition) is 3. The van der Waals surface area contributed by atoms with E-state index in [-0.39, 0.29) is 12.4 Å². The number of halogens is 2. The summed E-state index contributed by atoms with van der Waals surface area (Å²) in [7, 11) is 1.63. The van der Waals surface area contributed by atoms with Crippen molar-refractivity contribution in [1.29, 1.82) is 0 Å². The van der Waals surface area contributed by atoms with Crippen LogP contribution in [0.4, 0.5) is 8.78 Å². The Hall–Kier alpha value is -1.70. The first-order valence-electron chi connectivity index (χ1n) is 7.01. The fourth-order valence-electron chi connectivity index (χ4n) is 1.72. The summed E-state index contributed by atoms with van der Waals surface area (Å²) in [5.74, 6) is 0.833. The van der Waals surface area contributed by atoms with Crippen molar-refractivity contribution in [3.8, 4) is 0 Å². The molecule has 1 aromatic heterocycles. The Bertz CT molecular complexity index is 422. The number of guanidine groups is 1. The van der Waals surface area contributed by atoms with E-state index in [9.17, 15) is 8.78 Å². The zero-order valence-electron chi connectivity index (χ0n) is 12.5. The van der Waals surface area contributed by atoms with Gasteiger partial charge in [-0.05, 0) is 19.8 Å². The third kappa shape index (κ3) is 6.52. The minimum atomic E-state index is -2.59. The summed E-state index contributed by atoms with van der Waals surface area (Å²) in [4.78, 5) is 7.93. The normalized spacial score (nSPS) is 12.0. The molecule has 0 aromatic carbocycles. The monoisotopic (exact) mass is 303 g/mol. The van der Waals surface area contributed by atoms with Crippen molar-refractivity contribution in [2.24, 2.45) is 4.99 Å². The van der Waals surface area contributed by atoms with Crippen LogP contribution in [-0.2, 0) is 11.3 Å². The summed E-state index contributed by atoms with van der Waals surface area (Å²) < 4.78 is 31.4. The molecule has 1 rings (SSSR count). The molecule has 0 fully saturated rings. The first-order valence-corrected chi connectivity index (χ1v) is 7.01. The second kappa shape index (κ2) is 10.1. The van der Waals surface area contributed by atoms with Crippen LogP contribution in [0.1, 0.15) is 32.1 Å². The van der Waals surface area contributed by atoms with Crippen LogP contribution in [0.25, 0.3) is 0 Å². The van der Waals surface area contributed by atoms with Crippen molar-refractivity contribution in [2.45, 2.75) is 32.9 Å². The van der Waals surface area contributed by atoms with Crippen LogP contribution in [0.3, 0.4) is 0 Å². The number of nitrogens with zero attached hydrogens (tertiary/aromatic N) is 3. The maximum atomic E-state index is 12.7. The molecule has 1 heterocycles. The molecule has 0 amide bonds. The van der Waals surface area contributed by atoms with Crippen molar-refractivity contribution in [3.05, 3.63) is 18.2 Å². The predicted octanol–water partition coefficient (Wildman–Crippen LogP) is 1.76. The molecule has 2 N–H and O–H groups in total. The van der Waals surface area contributed by atoms with Crippen LogP contribution < -0.4 is 10.6 Å². The zero-order chi connectivity index (χ0) is 15.5. The van der Waals surface area contributed by atoms with E-state index in [1.807, 2.05) is 6.92 Å². The van der Waals surface area contributed by atoms with E-state index < -0.39 is 6.55 Å². The van der Waals surface area contributed by atoms with Gasteiger partial charge in [0.05, 0.1) is 6.54 Å². The number of aromatic nitrogens is 2. The number of imidazole rings is 1. The summed E-state index contributed by atoms with van der Waals surface area (Å²) >= 11 is 0. The Morgan fingerprint density at radius 1 is 1.43 bits per heavy atom. The van der Waals surface area contributed by atoms with Gasteiger partial charge in [0.25, 0.3) is 0 Å². The largest absolute Gasteiger partial charge is 0.382 e. The highest BCUT2D eigenvalue weighted by Crippen LogP contribution is 2.11. The first-order chi connectivity index (χ1) is 10.2. The molecule has 0 saturated carbocycles. The van der Waals surface area contributed by atoms with Gasteiger partial charge in [0.15, 0.2) is 5.96 Å². The van der Waals surface area contributed by atoms with E-state index >= 15 is 0 Å². The topological polar surface area (TPSA) is 63.5 Å². The quantitative estimate of drug-likeness (QED) is 0.414. The number of rotatable bonds is 9. The lowest BCUT2D eigenvalue weighted by atomic mass is 10.3. The molecule has 0 spiro atoms. The van der Waals surface area contributed by atoms with Gasteiger partial charge in [-0.1, -0.05) is 0 Å². The summed E-state index contributed by atoms with van der Waals surface area (Å²) in [6, 6.07) is 0. The number of nitrogens with one attached hydrogen (secondary N) is 2. The van der Waals surface area contributed by atoms with Crippen molar-refractivity contribution < 1.29 is 13.5 Å². The SMILES string of the molecule is CCOCCCCNC(=NC)NCc1nccn1C(F)F. The maximum absolute atomic E-state index is 12.7. The van der Waals surface area contributed by atoms with Crippen molar-refractivity contribution >= 4 is 5.96 Å². The molecular weight excluding hydrogens is 280 g/mol. The molecule has 6 nitrogen and oxygen atoms in total. The van der Waals surface area contributed by atoms with Gasteiger partial charge in [-0.2, -0.15) is 8.78 Å². The summed E-state index contributed by atoms with van der Waals surface area (Å²) in [5, 5.41) is 6.08. The van der Waals surface area contributed by atoms with Crippen LogP contribution in [0.5, 0.6) is 0 Å². The Balaban J connectivity index is 2.27. The summed E-state index contributed by atoms with van der Waals surface area (Å²) in [6.07, 6.45) is 4.53. The standard InChI is InChI=1S/C13H23F2N5O/c1-3-21-9-5-4-6-18-13(16-2)19-10-11-17-7-8-20(11)12(14)15/h7-8,12H,3-6,9-10H2,1-2H3,(H2,16,18,19). The van der Waals surface area contributed by atoms with E-state index in [0.717, 1.165) is 37.2 Å². The Kier molecular flexibility index (Phi) is 8.34. The molecule has 0 aliphatic heterocycles. The summed E-state index contributed by atoms with van der Waals surface area (Å²) in [6.45, 7) is 1.79. The highest BCUT2D eigenvalue weighted by Gasteiger charge is 2.11. The number of aliphatic imine (C=N–C) groups is 1. The van der Waals surface area contributed by atoms with Crippen LogP contribution in [-0.4, -0.2) is 42.3 Å². The van der Waals surface area contributed by atoms with E-state index in [1.54, 1.807) is 7.05 Å². The Labute approximate surface area is 123 Å². The van der Waals surface area contributed by atoms with Gasteiger partial charge in [0, 0.05) is 39.2 Å². The average molecular weight is 303 g/mol. The van der Waals surface area contributed by atoms with Gasteiger partial charge in [-0.25, -0.2) is 4.98 Å². The second-order valence-corrected chi connectivity index (χ2v) is 4.28. The number of hydrogen-bond donors (Lipinski definition) is 2. The van der Waals surface area contributed by atoms with Crippen LogP contribution >= 0.6 is 0 Å². The lowest BCUT2D eigenvalue weighted by molar-refractivity contribution is 0.0668. The van der Waals surface area contributed by atoms with Crippen LogP contribution in [0.15, 0.2) is 17.4 Å². The minimum Gasteiger partial charge on any atom is -0.382 e. The van der Waals surface area contributed by atoms with Crippen molar-refractivity contribution in [2.75, 3.05) is 26.8 Å². The average Bonchev–Trinajstić information content (AvgIpc) is 2.94. The number of alkyl halides is 2. The Morgan fingerprint density at radius 2 is 2.24 bits per heavy atom. The molecule has 0 unspecified atom stereocenters. The molecule has 1 aromatic rings. The van der Waals surface area contributed by atoms with Gasteiger partial charge in [-0.3, -0.25) is 9.56 Å². The lowest BCUT2D eigenvalue weighted by Gasteiger charge is -2.12. The third-order valence-electron chi connectivity index (χ3n) is 2.81. The zero-order valence-corrected chi connectivity index (χ0v) is 12.5. The number of unbranched alkanes of at least 4 members (excludes halogenated alkanes) is 1. The van der Waals surface area contributed by atoms with Crippen molar-refractivity contribution in [3.63, 3.8) is 0 Å². The van der Waals surface area contributed by atoms with Gasteiger partial charge in [0.1, 0.15) is 5.82 Å². The highest BCUT2D eigenvalue weighted by molar-refractivity contribution is 5.79. The molecule has 0 radical (unpaired) electrons. The molecule has 0 aliphatic rings. The van der Waals surface area contributed by atoms with Crippen LogP contribution in [0.2, 0.25) is 0 Å². The van der Waals surface area contributed by atoms with Gasteiger partial charge in [0.2, 0.25) is 0 Å². The summed E-state index contributed by atoms with van der Waals surface area (Å²) in [5.41, 5.74) is 0. The molecule has 120 valence electrons. The van der Waals surface area contributed by atoms with Gasteiger partial charge < -0.3 is 15.4 Å². The number of ether oxygens (including phenoxy) is 1. The van der Waals surface area contributed by atoms with E-state index in [0.29, 0.717) is 5.96 Å². The van der Waals surface area contributed by atoms with Gasteiger partial charge >= 0.3 is 6.55 Å². The third-order valence-corrected chi connectivity index (χ3v) is 2.81.